The Balaban J connectivity index is 1.46. The third-order valence-corrected chi connectivity index (χ3v) is 4.87. The van der Waals surface area contributed by atoms with Crippen LogP contribution in [-0.4, -0.2) is 55.1 Å². The summed E-state index contributed by atoms with van der Waals surface area (Å²) in [5.74, 6) is 0. The van der Waals surface area contributed by atoms with Crippen LogP contribution >= 0.6 is 0 Å². The van der Waals surface area contributed by atoms with Crippen LogP contribution in [0.5, 0.6) is 0 Å². The first-order valence-corrected chi connectivity index (χ1v) is 8.90. The van der Waals surface area contributed by atoms with Crippen LogP contribution < -0.4 is 0 Å². The second-order valence-corrected chi connectivity index (χ2v) is 6.89. The lowest BCUT2D eigenvalue weighted by Crippen LogP contribution is -2.35. The Kier molecular flexibility index (Phi) is 6.06. The van der Waals surface area contributed by atoms with Gasteiger partial charge in [-0.25, -0.2) is 0 Å². The predicted molar refractivity (Wildman–Crippen MR) is 90.5 cm³/mol. The summed E-state index contributed by atoms with van der Waals surface area (Å²) in [6, 6.07) is 9.17. The molecule has 3 atom stereocenters. The Morgan fingerprint density at radius 3 is 3.04 bits per heavy atom. The summed E-state index contributed by atoms with van der Waals surface area (Å²) in [5.41, 5.74) is 2.67. The lowest BCUT2D eigenvalue weighted by Gasteiger charge is -2.27. The maximum absolute atomic E-state index is 10.3. The van der Waals surface area contributed by atoms with Gasteiger partial charge in [-0.05, 0) is 44.7 Å². The standard InChI is InChI=1S/C19H29NO3/c1-15-5-2-6-16(11-15)19-8-3-9-20(19)12-17(21)13-22-14-18-7-4-10-23-18/h2,5-6,11,17-19,21H,3-4,7-10,12-14H2,1H3. The Bertz CT molecular complexity index is 487. The molecule has 2 aliphatic heterocycles. The van der Waals surface area contributed by atoms with Gasteiger partial charge in [-0.1, -0.05) is 29.8 Å². The third-order valence-electron chi connectivity index (χ3n) is 4.87. The summed E-state index contributed by atoms with van der Waals surface area (Å²) in [6.07, 6.45) is 4.38. The molecule has 0 aromatic heterocycles. The average Bonchev–Trinajstić information content (AvgIpc) is 3.19. The van der Waals surface area contributed by atoms with Crippen molar-refractivity contribution in [1.82, 2.24) is 4.90 Å². The summed E-state index contributed by atoms with van der Waals surface area (Å²) < 4.78 is 11.2. The van der Waals surface area contributed by atoms with E-state index in [9.17, 15) is 5.11 Å². The number of aliphatic hydroxyl groups excluding tert-OH is 1. The Morgan fingerprint density at radius 1 is 1.35 bits per heavy atom. The van der Waals surface area contributed by atoms with Gasteiger partial charge in [-0.3, -0.25) is 4.90 Å². The van der Waals surface area contributed by atoms with Gasteiger partial charge in [-0.15, -0.1) is 0 Å². The molecule has 0 aliphatic carbocycles. The van der Waals surface area contributed by atoms with Crippen LogP contribution in [0.2, 0.25) is 0 Å². The highest BCUT2D eigenvalue weighted by atomic mass is 16.5. The van der Waals surface area contributed by atoms with Crippen molar-refractivity contribution in [2.75, 3.05) is 32.9 Å². The fourth-order valence-corrected chi connectivity index (χ4v) is 3.73. The van der Waals surface area contributed by atoms with Crippen LogP contribution in [0.3, 0.4) is 0 Å². The largest absolute Gasteiger partial charge is 0.389 e. The zero-order valence-corrected chi connectivity index (χ0v) is 14.1. The molecule has 2 fully saturated rings. The maximum Gasteiger partial charge on any atom is 0.0900 e. The minimum Gasteiger partial charge on any atom is -0.389 e. The first kappa shape index (κ1) is 16.9. The zero-order valence-electron chi connectivity index (χ0n) is 14.1. The van der Waals surface area contributed by atoms with Gasteiger partial charge in [0.15, 0.2) is 0 Å². The highest BCUT2D eigenvalue weighted by molar-refractivity contribution is 5.25. The number of aliphatic hydroxyl groups is 1. The van der Waals surface area contributed by atoms with E-state index in [1.165, 1.54) is 24.0 Å². The van der Waals surface area contributed by atoms with Crippen LogP contribution in [0.25, 0.3) is 0 Å². The number of nitrogens with zero attached hydrogens (tertiary/aromatic N) is 1. The van der Waals surface area contributed by atoms with Gasteiger partial charge in [0, 0.05) is 19.2 Å². The van der Waals surface area contributed by atoms with E-state index in [1.54, 1.807) is 0 Å². The van der Waals surface area contributed by atoms with Gasteiger partial charge in [0.2, 0.25) is 0 Å². The third kappa shape index (κ3) is 4.77. The summed E-state index contributed by atoms with van der Waals surface area (Å²) >= 11 is 0. The van der Waals surface area contributed by atoms with Gasteiger partial charge in [0.05, 0.1) is 25.4 Å². The first-order chi connectivity index (χ1) is 11.2. The molecule has 2 saturated heterocycles. The lowest BCUT2D eigenvalue weighted by atomic mass is 10.0. The molecule has 1 N–H and O–H groups in total. The van der Waals surface area contributed by atoms with Crippen LogP contribution in [-0.2, 0) is 9.47 Å². The minimum atomic E-state index is -0.429. The number of aryl methyl sites for hydroxylation is 1. The number of β-amino-alcohol motifs (C(OH)–C–C–N with tert-alkyl or cyclic N) is 1. The number of hydrogen-bond donors (Lipinski definition) is 1. The molecule has 4 nitrogen and oxygen atoms in total. The van der Waals surface area contributed by atoms with Gasteiger partial charge < -0.3 is 14.6 Å². The number of rotatable bonds is 7. The van der Waals surface area contributed by atoms with Crippen LogP contribution in [0.4, 0.5) is 0 Å². The quantitative estimate of drug-likeness (QED) is 0.839. The van der Waals surface area contributed by atoms with E-state index in [2.05, 4.69) is 36.1 Å². The monoisotopic (exact) mass is 319 g/mol. The van der Waals surface area contributed by atoms with Crippen molar-refractivity contribution in [2.45, 2.75) is 50.9 Å². The summed E-state index contributed by atoms with van der Waals surface area (Å²) in [6.45, 7) is 5.74. The second-order valence-electron chi connectivity index (χ2n) is 6.89. The fourth-order valence-electron chi connectivity index (χ4n) is 3.73. The van der Waals surface area contributed by atoms with Crippen molar-refractivity contribution in [3.63, 3.8) is 0 Å². The number of likely N-dealkylation sites (tertiary alicyclic amines) is 1. The summed E-state index contributed by atoms with van der Waals surface area (Å²) in [4.78, 5) is 2.40. The summed E-state index contributed by atoms with van der Waals surface area (Å²) in [7, 11) is 0. The molecular formula is C19H29NO3. The SMILES string of the molecule is Cc1cccc(C2CCCN2CC(O)COCC2CCCO2)c1. The van der Waals surface area contributed by atoms with Crippen LogP contribution in [0.15, 0.2) is 24.3 Å². The lowest BCUT2D eigenvalue weighted by molar-refractivity contribution is -0.0261. The molecule has 0 saturated carbocycles. The van der Waals surface area contributed by atoms with Crippen molar-refractivity contribution in [1.29, 1.82) is 0 Å². The number of benzene rings is 1. The van der Waals surface area contributed by atoms with E-state index in [0.717, 1.165) is 26.0 Å². The molecule has 0 amide bonds. The Labute approximate surface area is 139 Å². The molecule has 1 aromatic rings. The molecular weight excluding hydrogens is 290 g/mol. The molecule has 0 spiro atoms. The minimum absolute atomic E-state index is 0.231. The van der Waals surface area contributed by atoms with E-state index >= 15 is 0 Å². The second kappa shape index (κ2) is 8.25. The molecule has 128 valence electrons. The van der Waals surface area contributed by atoms with Gasteiger partial charge in [0.25, 0.3) is 0 Å². The molecule has 0 bridgehead atoms. The van der Waals surface area contributed by atoms with Crippen molar-refractivity contribution in [2.24, 2.45) is 0 Å². The average molecular weight is 319 g/mol. The fraction of sp³-hybridized carbons (Fsp3) is 0.684. The molecule has 0 radical (unpaired) electrons. The molecule has 4 heteroatoms. The van der Waals surface area contributed by atoms with Crippen LogP contribution in [0, 0.1) is 6.92 Å². The van der Waals surface area contributed by atoms with Gasteiger partial charge >= 0.3 is 0 Å². The highest BCUT2D eigenvalue weighted by Crippen LogP contribution is 2.32. The molecule has 2 aliphatic rings. The van der Waals surface area contributed by atoms with E-state index in [1.807, 2.05) is 0 Å². The molecule has 23 heavy (non-hydrogen) atoms. The van der Waals surface area contributed by atoms with E-state index in [0.29, 0.717) is 25.8 Å². The molecule has 3 unspecified atom stereocenters. The topological polar surface area (TPSA) is 41.9 Å². The van der Waals surface area contributed by atoms with E-state index < -0.39 is 6.10 Å². The van der Waals surface area contributed by atoms with Gasteiger partial charge in [-0.2, -0.15) is 0 Å². The first-order valence-electron chi connectivity index (χ1n) is 8.90. The Morgan fingerprint density at radius 2 is 2.26 bits per heavy atom. The normalized spacial score (nSPS) is 26.7. The van der Waals surface area contributed by atoms with Crippen molar-refractivity contribution in [3.05, 3.63) is 35.4 Å². The molecule has 2 heterocycles. The van der Waals surface area contributed by atoms with Crippen LogP contribution in [0.1, 0.15) is 42.9 Å². The maximum atomic E-state index is 10.3. The smallest absolute Gasteiger partial charge is 0.0900 e. The molecule has 1 aromatic carbocycles. The Hall–Kier alpha value is -0.940. The van der Waals surface area contributed by atoms with E-state index in [-0.39, 0.29) is 6.10 Å². The predicted octanol–water partition coefficient (Wildman–Crippen LogP) is 2.69. The zero-order chi connectivity index (χ0) is 16.1. The highest BCUT2D eigenvalue weighted by Gasteiger charge is 2.27. The summed E-state index contributed by atoms with van der Waals surface area (Å²) in [5, 5.41) is 10.3. The van der Waals surface area contributed by atoms with Gasteiger partial charge in [0.1, 0.15) is 0 Å². The van der Waals surface area contributed by atoms with Crippen molar-refractivity contribution >= 4 is 0 Å². The van der Waals surface area contributed by atoms with E-state index in [4.69, 9.17) is 9.47 Å². The molecule has 3 rings (SSSR count). The van der Waals surface area contributed by atoms with Crippen molar-refractivity contribution < 1.29 is 14.6 Å². The number of ether oxygens (including phenoxy) is 2. The van der Waals surface area contributed by atoms with Crippen molar-refractivity contribution in [3.8, 4) is 0 Å². The number of hydrogen-bond acceptors (Lipinski definition) is 4.